The Balaban J connectivity index is 0.000000420. The Hall–Kier alpha value is -4.46. The number of allylic oxidation sites excluding steroid dienone is 12. The summed E-state index contributed by atoms with van der Waals surface area (Å²) in [6.45, 7) is 16.2. The first-order valence-electron chi connectivity index (χ1n) is 14.4. The normalized spacial score (nSPS) is 18.6. The lowest BCUT2D eigenvalue weighted by Crippen LogP contribution is -2.06. The Morgan fingerprint density at radius 1 is 0.619 bits per heavy atom. The van der Waals surface area contributed by atoms with Crippen LogP contribution in [0.1, 0.15) is 81.1 Å². The molecule has 0 unspecified atom stereocenters. The van der Waals surface area contributed by atoms with E-state index in [-0.39, 0.29) is 12.8 Å². The van der Waals surface area contributed by atoms with Gasteiger partial charge in [0.2, 0.25) is 0 Å². The maximum atomic E-state index is 9.37. The second-order valence-electron chi connectivity index (χ2n) is 10.2. The summed E-state index contributed by atoms with van der Waals surface area (Å²) < 4.78 is 0. The fourth-order valence-corrected chi connectivity index (χ4v) is 4.85. The average Bonchev–Trinajstić information content (AvgIpc) is 3.74. The van der Waals surface area contributed by atoms with Crippen molar-refractivity contribution in [2.75, 3.05) is 0 Å². The molecule has 8 nitrogen and oxygen atoms in total. The molecule has 0 fully saturated rings. The summed E-state index contributed by atoms with van der Waals surface area (Å²) in [6, 6.07) is 0. The number of fused-ring (bicyclic) bond motifs is 4. The molecule has 5 rings (SSSR count). The summed E-state index contributed by atoms with van der Waals surface area (Å²) in [7, 11) is 0. The van der Waals surface area contributed by atoms with Crippen LogP contribution in [0.5, 0.6) is 0 Å². The van der Waals surface area contributed by atoms with Gasteiger partial charge in [0, 0.05) is 24.0 Å². The maximum Gasteiger partial charge on any atom is 0.303 e. The molecule has 0 spiro atoms. The SMILES string of the molecule is CCC(=O)O.CCC(=O)O.CCC1=C2C=CC(=N2)C=C2C=CC(=N2)C=C2N=C(C(C)=C2C)C(C)=C2N=C1C(CC)=C2C. The van der Waals surface area contributed by atoms with Crippen molar-refractivity contribution in [2.24, 2.45) is 20.0 Å². The molecular weight excluding hydrogens is 528 g/mol. The number of aliphatic imine (C=N–C) groups is 4. The molecule has 0 aromatic heterocycles. The zero-order valence-electron chi connectivity index (χ0n) is 25.8. The molecule has 5 heterocycles. The summed E-state index contributed by atoms with van der Waals surface area (Å²) >= 11 is 0. The minimum Gasteiger partial charge on any atom is -0.481 e. The predicted octanol–water partition coefficient (Wildman–Crippen LogP) is 7.66. The zero-order chi connectivity index (χ0) is 31.1. The topological polar surface area (TPSA) is 124 Å². The number of hydrogen-bond acceptors (Lipinski definition) is 6. The van der Waals surface area contributed by atoms with Crippen LogP contribution in [0.25, 0.3) is 0 Å². The molecule has 0 amide bonds. The lowest BCUT2D eigenvalue weighted by molar-refractivity contribution is -0.137. The highest BCUT2D eigenvalue weighted by Gasteiger charge is 2.28. The summed E-state index contributed by atoms with van der Waals surface area (Å²) in [5.41, 5.74) is 15.2. The lowest BCUT2D eigenvalue weighted by Gasteiger charge is -2.10. The molecule has 0 aromatic rings. The number of carboxylic acid groups (broad SMARTS) is 2. The van der Waals surface area contributed by atoms with Crippen LogP contribution < -0.4 is 0 Å². The molecule has 8 heteroatoms. The van der Waals surface area contributed by atoms with Gasteiger partial charge in [-0.3, -0.25) is 9.59 Å². The third-order valence-corrected chi connectivity index (χ3v) is 7.39. The molecule has 0 aromatic carbocycles. The minimum absolute atomic E-state index is 0.222. The highest BCUT2D eigenvalue weighted by atomic mass is 16.4. The van der Waals surface area contributed by atoms with E-state index in [4.69, 9.17) is 30.2 Å². The molecule has 0 saturated carbocycles. The Labute approximate surface area is 248 Å². The van der Waals surface area contributed by atoms with Gasteiger partial charge in [-0.05, 0) is 99.3 Å². The van der Waals surface area contributed by atoms with Gasteiger partial charge >= 0.3 is 11.9 Å². The molecule has 0 saturated heterocycles. The predicted molar refractivity (Wildman–Crippen MR) is 171 cm³/mol. The van der Waals surface area contributed by atoms with Crippen molar-refractivity contribution >= 4 is 34.8 Å². The van der Waals surface area contributed by atoms with Crippen LogP contribution in [0.3, 0.4) is 0 Å². The van der Waals surface area contributed by atoms with E-state index in [2.05, 4.69) is 59.8 Å². The Morgan fingerprint density at radius 2 is 1.19 bits per heavy atom. The second kappa shape index (κ2) is 13.9. The van der Waals surface area contributed by atoms with E-state index in [0.29, 0.717) is 0 Å². The second-order valence-corrected chi connectivity index (χ2v) is 10.2. The third kappa shape index (κ3) is 7.05. The van der Waals surface area contributed by atoms with Crippen molar-refractivity contribution in [1.29, 1.82) is 0 Å². The number of hydrogen-bond donors (Lipinski definition) is 2. The van der Waals surface area contributed by atoms with Gasteiger partial charge in [0.05, 0.1) is 45.6 Å². The Bertz CT molecular complexity index is 1560. The summed E-state index contributed by atoms with van der Waals surface area (Å²) in [5.74, 6) is -1.49. The molecule has 220 valence electrons. The van der Waals surface area contributed by atoms with Crippen LogP contribution in [0.15, 0.2) is 113 Å². The van der Waals surface area contributed by atoms with Crippen molar-refractivity contribution < 1.29 is 19.8 Å². The smallest absolute Gasteiger partial charge is 0.303 e. The molecule has 0 radical (unpaired) electrons. The molecule has 5 aliphatic heterocycles. The Kier molecular flexibility index (Phi) is 10.6. The van der Waals surface area contributed by atoms with E-state index in [0.717, 1.165) is 64.0 Å². The molecular formula is C34H40N4O4. The van der Waals surface area contributed by atoms with Gasteiger partial charge in [-0.2, -0.15) is 0 Å². The summed E-state index contributed by atoms with van der Waals surface area (Å²) in [4.78, 5) is 38.7. The number of aliphatic carboxylic acids is 2. The van der Waals surface area contributed by atoms with E-state index in [1.54, 1.807) is 13.8 Å². The van der Waals surface area contributed by atoms with Gasteiger partial charge in [0.25, 0.3) is 0 Å². The largest absolute Gasteiger partial charge is 0.481 e. The monoisotopic (exact) mass is 568 g/mol. The minimum atomic E-state index is -0.745. The van der Waals surface area contributed by atoms with Gasteiger partial charge in [-0.15, -0.1) is 0 Å². The van der Waals surface area contributed by atoms with Crippen molar-refractivity contribution in [3.05, 3.63) is 92.7 Å². The van der Waals surface area contributed by atoms with E-state index >= 15 is 0 Å². The van der Waals surface area contributed by atoms with Gasteiger partial charge in [-0.25, -0.2) is 20.0 Å². The van der Waals surface area contributed by atoms with E-state index in [9.17, 15) is 9.59 Å². The van der Waals surface area contributed by atoms with Crippen LogP contribution in [0.2, 0.25) is 0 Å². The first-order chi connectivity index (χ1) is 19.9. The molecule has 42 heavy (non-hydrogen) atoms. The Morgan fingerprint density at radius 3 is 1.76 bits per heavy atom. The van der Waals surface area contributed by atoms with Crippen molar-refractivity contribution in [3.8, 4) is 0 Å². The van der Waals surface area contributed by atoms with Crippen LogP contribution >= 0.6 is 0 Å². The fourth-order valence-electron chi connectivity index (χ4n) is 4.85. The fraction of sp³-hybridized carbons (Fsp3) is 0.353. The van der Waals surface area contributed by atoms with Gasteiger partial charge in [0.1, 0.15) is 0 Å². The van der Waals surface area contributed by atoms with Crippen LogP contribution in [0.4, 0.5) is 0 Å². The first kappa shape index (κ1) is 32.1. The maximum absolute atomic E-state index is 9.37. The summed E-state index contributed by atoms with van der Waals surface area (Å²) in [6.07, 6.45) is 14.6. The number of carboxylic acids is 2. The highest BCUT2D eigenvalue weighted by Crippen LogP contribution is 2.37. The third-order valence-electron chi connectivity index (χ3n) is 7.39. The molecule has 5 aliphatic rings. The van der Waals surface area contributed by atoms with E-state index in [1.807, 2.05) is 18.2 Å². The van der Waals surface area contributed by atoms with Crippen LogP contribution in [0, 0.1) is 0 Å². The molecule has 0 atom stereocenters. The lowest BCUT2D eigenvalue weighted by atomic mass is 9.93. The standard InChI is InChI=1S/C28H28N4.2C3H6O2/c1-7-22-17(5)27-18(6)26-16(4)15(3)25(31-26)14-21-10-9-19(29-21)13-20-11-12-24(30-20)23(8-2)28(22)32-27;2*1-2-3(4)5/h9-14H,7-8H2,1-6H3;2*2H2,1H3,(H,4,5). The van der Waals surface area contributed by atoms with Crippen LogP contribution in [-0.2, 0) is 9.59 Å². The number of carbonyl (C=O) groups is 2. The van der Waals surface area contributed by atoms with Crippen LogP contribution in [-0.4, -0.2) is 45.0 Å². The molecule has 2 N–H and O–H groups in total. The summed E-state index contributed by atoms with van der Waals surface area (Å²) in [5, 5.41) is 15.4. The number of nitrogens with zero attached hydrogens (tertiary/aromatic N) is 4. The van der Waals surface area contributed by atoms with Gasteiger partial charge < -0.3 is 10.2 Å². The average molecular weight is 569 g/mol. The molecule has 8 bridgehead atoms. The van der Waals surface area contributed by atoms with E-state index < -0.39 is 11.9 Å². The van der Waals surface area contributed by atoms with E-state index in [1.165, 1.54) is 27.9 Å². The highest BCUT2D eigenvalue weighted by molar-refractivity contribution is 6.21. The van der Waals surface area contributed by atoms with Gasteiger partial charge in [-0.1, -0.05) is 27.7 Å². The first-order valence-corrected chi connectivity index (χ1v) is 14.4. The van der Waals surface area contributed by atoms with Crippen molar-refractivity contribution in [2.45, 2.75) is 81.1 Å². The molecule has 0 aliphatic carbocycles. The van der Waals surface area contributed by atoms with Crippen molar-refractivity contribution in [3.63, 3.8) is 0 Å². The van der Waals surface area contributed by atoms with Gasteiger partial charge in [0.15, 0.2) is 0 Å². The van der Waals surface area contributed by atoms with Crippen molar-refractivity contribution in [1.82, 2.24) is 0 Å². The quantitative estimate of drug-likeness (QED) is 0.361. The number of rotatable bonds is 4. The zero-order valence-corrected chi connectivity index (χ0v) is 25.8.